The third-order valence-corrected chi connectivity index (χ3v) is 4.45. The van der Waals surface area contributed by atoms with Gasteiger partial charge >= 0.3 is 0 Å². The van der Waals surface area contributed by atoms with Crippen molar-refractivity contribution < 1.29 is 9.53 Å². The summed E-state index contributed by atoms with van der Waals surface area (Å²) in [6.07, 6.45) is 1.44. The Labute approximate surface area is 162 Å². The quantitative estimate of drug-likeness (QED) is 0.322. The van der Waals surface area contributed by atoms with Crippen LogP contribution in [0.3, 0.4) is 0 Å². The molecular formula is C16H32IN5O2. The molecule has 2 fully saturated rings. The van der Waals surface area contributed by atoms with E-state index in [1.54, 1.807) is 0 Å². The van der Waals surface area contributed by atoms with Gasteiger partial charge in [-0.3, -0.25) is 14.7 Å². The Balaban J connectivity index is 0.00000288. The van der Waals surface area contributed by atoms with Crippen molar-refractivity contribution in [2.45, 2.75) is 51.7 Å². The fraction of sp³-hybridized carbons (Fsp3) is 0.875. The van der Waals surface area contributed by atoms with Crippen LogP contribution in [0.4, 0.5) is 0 Å². The van der Waals surface area contributed by atoms with E-state index >= 15 is 0 Å². The molecule has 0 aromatic rings. The monoisotopic (exact) mass is 453 g/mol. The standard InChI is InChI=1S/C16H31N5O2.HI/c1-4-17-16(20-14-5-6-15(22)18-10-14)19-9-12(2)21-7-8-23-11-13(21)3;/h12-14H,4-11H2,1-3H3,(H,18,22)(H2,17,19,20);1H. The summed E-state index contributed by atoms with van der Waals surface area (Å²) in [6.45, 7) is 11.3. The zero-order chi connectivity index (χ0) is 16.7. The molecule has 3 N–H and O–H groups in total. The average molecular weight is 453 g/mol. The van der Waals surface area contributed by atoms with Crippen molar-refractivity contribution >= 4 is 35.8 Å². The molecule has 2 rings (SSSR count). The highest BCUT2D eigenvalue weighted by Crippen LogP contribution is 2.11. The van der Waals surface area contributed by atoms with Crippen LogP contribution >= 0.6 is 24.0 Å². The van der Waals surface area contributed by atoms with E-state index < -0.39 is 0 Å². The molecule has 0 aliphatic carbocycles. The Morgan fingerprint density at radius 2 is 2.33 bits per heavy atom. The highest BCUT2D eigenvalue weighted by molar-refractivity contribution is 14.0. The first-order valence-electron chi connectivity index (χ1n) is 8.75. The number of rotatable bonds is 5. The Morgan fingerprint density at radius 1 is 1.54 bits per heavy atom. The lowest BCUT2D eigenvalue weighted by Gasteiger charge is -2.37. The number of nitrogens with zero attached hydrogens (tertiary/aromatic N) is 2. The van der Waals surface area contributed by atoms with Crippen LogP contribution in [0.5, 0.6) is 0 Å². The van der Waals surface area contributed by atoms with Gasteiger partial charge in [0.1, 0.15) is 0 Å². The minimum atomic E-state index is 0. The van der Waals surface area contributed by atoms with Crippen LogP contribution in [-0.4, -0.2) is 74.3 Å². The van der Waals surface area contributed by atoms with Crippen LogP contribution in [0.15, 0.2) is 4.99 Å². The molecule has 0 aromatic carbocycles. The molecule has 2 saturated heterocycles. The number of nitrogens with one attached hydrogen (secondary N) is 3. The van der Waals surface area contributed by atoms with Crippen molar-refractivity contribution in [3.63, 3.8) is 0 Å². The second kappa shape index (κ2) is 11.1. The number of hydrogen-bond donors (Lipinski definition) is 3. The molecule has 3 atom stereocenters. The van der Waals surface area contributed by atoms with Gasteiger partial charge < -0.3 is 20.7 Å². The predicted octanol–water partition coefficient (Wildman–Crippen LogP) is 0.547. The number of halogens is 1. The maximum atomic E-state index is 11.2. The highest BCUT2D eigenvalue weighted by atomic mass is 127. The van der Waals surface area contributed by atoms with Crippen molar-refractivity contribution in [2.75, 3.05) is 39.4 Å². The van der Waals surface area contributed by atoms with Crippen molar-refractivity contribution in [1.82, 2.24) is 20.9 Å². The number of carbonyl (C=O) groups is 1. The molecule has 0 spiro atoms. The molecule has 1 amide bonds. The molecule has 2 heterocycles. The van der Waals surface area contributed by atoms with E-state index in [0.717, 1.165) is 45.2 Å². The molecular weight excluding hydrogens is 421 g/mol. The maximum absolute atomic E-state index is 11.2. The van der Waals surface area contributed by atoms with Gasteiger partial charge in [-0.1, -0.05) is 0 Å². The summed E-state index contributed by atoms with van der Waals surface area (Å²) in [5, 5.41) is 9.62. The molecule has 0 bridgehead atoms. The molecule has 0 radical (unpaired) electrons. The zero-order valence-corrected chi connectivity index (χ0v) is 17.3. The van der Waals surface area contributed by atoms with Crippen LogP contribution in [0.2, 0.25) is 0 Å². The van der Waals surface area contributed by atoms with Gasteiger partial charge in [0.05, 0.1) is 19.8 Å². The predicted molar refractivity (Wildman–Crippen MR) is 107 cm³/mol. The van der Waals surface area contributed by atoms with E-state index in [9.17, 15) is 4.79 Å². The molecule has 3 unspecified atom stereocenters. The van der Waals surface area contributed by atoms with Crippen LogP contribution in [0.25, 0.3) is 0 Å². The molecule has 7 nitrogen and oxygen atoms in total. The fourth-order valence-electron chi connectivity index (χ4n) is 3.09. The van der Waals surface area contributed by atoms with E-state index in [2.05, 4.69) is 41.6 Å². The van der Waals surface area contributed by atoms with Crippen molar-refractivity contribution in [2.24, 2.45) is 4.99 Å². The Kier molecular flexibility index (Phi) is 9.91. The van der Waals surface area contributed by atoms with Gasteiger partial charge in [-0.15, -0.1) is 24.0 Å². The first kappa shape index (κ1) is 21.4. The Hall–Kier alpha value is -0.610. The zero-order valence-electron chi connectivity index (χ0n) is 15.0. The molecule has 2 aliphatic rings. The number of piperidine rings is 1. The van der Waals surface area contributed by atoms with Crippen LogP contribution < -0.4 is 16.0 Å². The van der Waals surface area contributed by atoms with E-state index in [4.69, 9.17) is 9.73 Å². The summed E-state index contributed by atoms with van der Waals surface area (Å²) in [5.41, 5.74) is 0. The second-order valence-electron chi connectivity index (χ2n) is 6.41. The van der Waals surface area contributed by atoms with E-state index in [-0.39, 0.29) is 35.9 Å². The van der Waals surface area contributed by atoms with E-state index in [1.807, 2.05) is 0 Å². The Bertz CT molecular complexity index is 411. The number of guanidine groups is 1. The number of hydrogen-bond acceptors (Lipinski definition) is 4. The summed E-state index contributed by atoms with van der Waals surface area (Å²) < 4.78 is 5.50. The van der Waals surface area contributed by atoms with Gasteiger partial charge in [0.25, 0.3) is 0 Å². The van der Waals surface area contributed by atoms with Crippen LogP contribution in [0, 0.1) is 0 Å². The average Bonchev–Trinajstić information content (AvgIpc) is 2.55. The highest BCUT2D eigenvalue weighted by Gasteiger charge is 2.24. The topological polar surface area (TPSA) is 78.0 Å². The van der Waals surface area contributed by atoms with Crippen molar-refractivity contribution in [3.05, 3.63) is 0 Å². The van der Waals surface area contributed by atoms with E-state index in [1.165, 1.54) is 0 Å². The first-order valence-corrected chi connectivity index (χ1v) is 8.75. The van der Waals surface area contributed by atoms with E-state index in [0.29, 0.717) is 25.0 Å². The van der Waals surface area contributed by atoms with Gasteiger partial charge in [-0.2, -0.15) is 0 Å². The smallest absolute Gasteiger partial charge is 0.220 e. The normalized spacial score (nSPS) is 27.0. The molecule has 24 heavy (non-hydrogen) atoms. The van der Waals surface area contributed by atoms with Gasteiger partial charge in [0.2, 0.25) is 5.91 Å². The lowest BCUT2D eigenvalue weighted by Crippen LogP contribution is -2.52. The van der Waals surface area contributed by atoms with Crippen molar-refractivity contribution in [3.8, 4) is 0 Å². The minimum absolute atomic E-state index is 0. The molecule has 8 heteroatoms. The van der Waals surface area contributed by atoms with Crippen LogP contribution in [-0.2, 0) is 9.53 Å². The van der Waals surface area contributed by atoms with Crippen molar-refractivity contribution in [1.29, 1.82) is 0 Å². The van der Waals surface area contributed by atoms with Gasteiger partial charge in [0, 0.05) is 44.2 Å². The van der Waals surface area contributed by atoms with Gasteiger partial charge in [-0.25, -0.2) is 0 Å². The maximum Gasteiger partial charge on any atom is 0.220 e. The number of aliphatic imine (C=N–C) groups is 1. The summed E-state index contributed by atoms with van der Waals surface area (Å²) in [5.74, 6) is 0.973. The number of morpholine rings is 1. The lowest BCUT2D eigenvalue weighted by molar-refractivity contribution is -0.122. The SMILES string of the molecule is CCNC(=NCC(C)N1CCOCC1C)NC1CCC(=O)NC1.I. The van der Waals surface area contributed by atoms with Crippen LogP contribution in [0.1, 0.15) is 33.6 Å². The molecule has 2 aliphatic heterocycles. The molecule has 140 valence electrons. The number of amides is 1. The third-order valence-electron chi connectivity index (χ3n) is 4.45. The first-order chi connectivity index (χ1) is 11.1. The summed E-state index contributed by atoms with van der Waals surface area (Å²) in [4.78, 5) is 18.4. The molecule has 0 saturated carbocycles. The molecule has 0 aromatic heterocycles. The van der Waals surface area contributed by atoms with Gasteiger partial charge in [0.15, 0.2) is 5.96 Å². The fourth-order valence-corrected chi connectivity index (χ4v) is 3.09. The summed E-state index contributed by atoms with van der Waals surface area (Å²) in [7, 11) is 0. The number of carbonyl (C=O) groups excluding carboxylic acids is 1. The summed E-state index contributed by atoms with van der Waals surface area (Å²) >= 11 is 0. The number of ether oxygens (including phenoxy) is 1. The third kappa shape index (κ3) is 6.72. The summed E-state index contributed by atoms with van der Waals surface area (Å²) in [6, 6.07) is 1.08. The lowest BCUT2D eigenvalue weighted by atomic mass is 10.1. The largest absolute Gasteiger partial charge is 0.379 e. The minimum Gasteiger partial charge on any atom is -0.379 e. The Morgan fingerprint density at radius 3 is 2.96 bits per heavy atom. The van der Waals surface area contributed by atoms with Gasteiger partial charge in [-0.05, 0) is 27.2 Å². The second-order valence-corrected chi connectivity index (χ2v) is 6.41.